The molecule has 118 valence electrons. The van der Waals surface area contributed by atoms with Crippen LogP contribution in [0.2, 0.25) is 0 Å². The molecule has 3 rings (SSSR count). The van der Waals surface area contributed by atoms with E-state index in [-0.39, 0.29) is 13.0 Å². The minimum Gasteiger partial charge on any atom is -0.387 e. The molecule has 1 saturated heterocycles. The van der Waals surface area contributed by atoms with Crippen LogP contribution in [-0.2, 0) is 6.54 Å². The van der Waals surface area contributed by atoms with Crippen LogP contribution in [0.15, 0.2) is 29.8 Å². The quantitative estimate of drug-likeness (QED) is 0.941. The Kier molecular flexibility index (Phi) is 4.25. The van der Waals surface area contributed by atoms with Crippen LogP contribution in [0.3, 0.4) is 0 Å². The van der Waals surface area contributed by atoms with Crippen molar-refractivity contribution >= 4 is 11.3 Å². The molecule has 1 N–H and O–H groups in total. The third-order valence-electron chi connectivity index (χ3n) is 4.01. The largest absolute Gasteiger partial charge is 0.387 e. The fourth-order valence-corrected chi connectivity index (χ4v) is 3.54. The molecule has 0 aliphatic carbocycles. The zero-order valence-corrected chi connectivity index (χ0v) is 13.1. The monoisotopic (exact) mass is 324 g/mol. The first-order valence-corrected chi connectivity index (χ1v) is 8.11. The first kappa shape index (κ1) is 15.5. The second-order valence-electron chi connectivity index (χ2n) is 5.74. The van der Waals surface area contributed by atoms with E-state index in [0.29, 0.717) is 13.1 Å². The number of rotatable bonds is 3. The van der Waals surface area contributed by atoms with E-state index >= 15 is 0 Å². The molecule has 0 bridgehead atoms. The average molecular weight is 324 g/mol. The molecular weight excluding hydrogens is 306 g/mol. The fourth-order valence-electron chi connectivity index (χ4n) is 2.73. The maximum absolute atomic E-state index is 13.5. The topological polar surface area (TPSA) is 36.4 Å². The lowest BCUT2D eigenvalue weighted by atomic mass is 10.0. The number of thiazole rings is 1. The minimum absolute atomic E-state index is 0.116. The molecule has 1 atom stereocenters. The van der Waals surface area contributed by atoms with Crippen molar-refractivity contribution in [1.29, 1.82) is 0 Å². The Labute approximate surface area is 132 Å². The summed E-state index contributed by atoms with van der Waals surface area (Å²) >= 11 is 1.60. The van der Waals surface area contributed by atoms with Crippen LogP contribution in [0.25, 0.3) is 10.4 Å². The lowest BCUT2D eigenvalue weighted by molar-refractivity contribution is -0.151. The van der Waals surface area contributed by atoms with Crippen molar-refractivity contribution in [1.82, 2.24) is 9.88 Å². The number of hydrogen-bond acceptors (Lipinski definition) is 4. The number of aliphatic hydroxyl groups is 1. The summed E-state index contributed by atoms with van der Waals surface area (Å²) < 4.78 is 27.1. The molecule has 3 nitrogen and oxygen atoms in total. The smallest absolute Gasteiger partial charge is 0.285 e. The standard InChI is InChI=1S/C16H18F2N2OS/c1-11-15(22-10-19-11)13-4-2-12(3-5-13)8-20-7-6-14(21)16(17,18)9-20/h2-5,10,14,21H,6-9H2,1H3. The molecule has 1 unspecified atom stereocenters. The number of aliphatic hydroxyl groups excluding tert-OH is 1. The molecule has 2 heterocycles. The third-order valence-corrected chi connectivity index (χ3v) is 4.99. The maximum atomic E-state index is 13.5. The summed E-state index contributed by atoms with van der Waals surface area (Å²) in [7, 11) is 0. The molecule has 6 heteroatoms. The van der Waals surface area contributed by atoms with E-state index in [2.05, 4.69) is 4.98 Å². The number of halogens is 2. The molecule has 22 heavy (non-hydrogen) atoms. The van der Waals surface area contributed by atoms with E-state index in [4.69, 9.17) is 0 Å². The molecule has 1 aliphatic rings. The van der Waals surface area contributed by atoms with Gasteiger partial charge in [0.2, 0.25) is 0 Å². The Morgan fingerprint density at radius 1 is 1.36 bits per heavy atom. The lowest BCUT2D eigenvalue weighted by Crippen LogP contribution is -2.51. The van der Waals surface area contributed by atoms with Crippen LogP contribution in [0.4, 0.5) is 8.78 Å². The highest BCUT2D eigenvalue weighted by Gasteiger charge is 2.43. The predicted molar refractivity (Wildman–Crippen MR) is 83.1 cm³/mol. The van der Waals surface area contributed by atoms with Gasteiger partial charge in [-0.05, 0) is 24.5 Å². The van der Waals surface area contributed by atoms with Gasteiger partial charge < -0.3 is 5.11 Å². The highest BCUT2D eigenvalue weighted by molar-refractivity contribution is 7.13. The average Bonchev–Trinajstić information content (AvgIpc) is 2.90. The van der Waals surface area contributed by atoms with E-state index in [1.54, 1.807) is 16.2 Å². The van der Waals surface area contributed by atoms with E-state index in [0.717, 1.165) is 21.7 Å². The van der Waals surface area contributed by atoms with Gasteiger partial charge in [0, 0.05) is 13.1 Å². The second-order valence-corrected chi connectivity index (χ2v) is 6.59. The predicted octanol–water partition coefficient (Wildman–Crippen LogP) is 3.32. The van der Waals surface area contributed by atoms with Crippen molar-refractivity contribution in [3.05, 3.63) is 41.0 Å². The van der Waals surface area contributed by atoms with E-state index in [1.165, 1.54) is 0 Å². The van der Waals surface area contributed by atoms with Gasteiger partial charge in [0.15, 0.2) is 0 Å². The summed E-state index contributed by atoms with van der Waals surface area (Å²) in [5.74, 6) is -3.02. The Hall–Kier alpha value is -1.37. The minimum atomic E-state index is -3.02. The zero-order valence-electron chi connectivity index (χ0n) is 12.3. The van der Waals surface area contributed by atoms with Gasteiger partial charge in [-0.2, -0.15) is 0 Å². The Bertz CT molecular complexity index is 642. The van der Waals surface area contributed by atoms with Crippen molar-refractivity contribution in [2.45, 2.75) is 31.9 Å². The van der Waals surface area contributed by atoms with Crippen molar-refractivity contribution in [2.24, 2.45) is 0 Å². The SMILES string of the molecule is Cc1ncsc1-c1ccc(CN2CCC(O)C(F)(F)C2)cc1. The number of nitrogens with zero attached hydrogens (tertiary/aromatic N) is 2. The Balaban J connectivity index is 1.68. The van der Waals surface area contributed by atoms with E-state index in [1.807, 2.05) is 36.7 Å². The number of piperidine rings is 1. The van der Waals surface area contributed by atoms with Crippen LogP contribution in [0, 0.1) is 6.92 Å². The van der Waals surface area contributed by atoms with Crippen molar-refractivity contribution in [2.75, 3.05) is 13.1 Å². The summed E-state index contributed by atoms with van der Waals surface area (Å²) in [6.07, 6.45) is -1.40. The van der Waals surface area contributed by atoms with Crippen LogP contribution < -0.4 is 0 Å². The van der Waals surface area contributed by atoms with E-state index < -0.39 is 12.0 Å². The van der Waals surface area contributed by atoms with Crippen LogP contribution >= 0.6 is 11.3 Å². The molecule has 1 fully saturated rings. The molecule has 1 aromatic carbocycles. The summed E-state index contributed by atoms with van der Waals surface area (Å²) in [5.41, 5.74) is 4.92. The molecule has 0 spiro atoms. The third kappa shape index (κ3) is 3.19. The first-order chi connectivity index (χ1) is 10.5. The first-order valence-electron chi connectivity index (χ1n) is 7.23. The van der Waals surface area contributed by atoms with E-state index in [9.17, 15) is 13.9 Å². The fraction of sp³-hybridized carbons (Fsp3) is 0.438. The van der Waals surface area contributed by atoms with Gasteiger partial charge in [0.25, 0.3) is 5.92 Å². The van der Waals surface area contributed by atoms with Gasteiger partial charge in [-0.15, -0.1) is 11.3 Å². The number of hydrogen-bond donors (Lipinski definition) is 1. The molecule has 0 saturated carbocycles. The van der Waals surface area contributed by atoms with Gasteiger partial charge in [0.1, 0.15) is 6.10 Å². The number of benzene rings is 1. The molecular formula is C16H18F2N2OS. The highest BCUT2D eigenvalue weighted by atomic mass is 32.1. The number of alkyl halides is 2. The molecule has 1 aromatic heterocycles. The maximum Gasteiger partial charge on any atom is 0.285 e. The van der Waals surface area contributed by atoms with Gasteiger partial charge in [-0.1, -0.05) is 24.3 Å². The Morgan fingerprint density at radius 2 is 2.09 bits per heavy atom. The highest BCUT2D eigenvalue weighted by Crippen LogP contribution is 2.29. The van der Waals surface area contributed by atoms with Crippen LogP contribution in [0.1, 0.15) is 17.7 Å². The zero-order chi connectivity index (χ0) is 15.7. The Morgan fingerprint density at radius 3 is 2.68 bits per heavy atom. The molecule has 1 aliphatic heterocycles. The van der Waals surface area contributed by atoms with Crippen LogP contribution in [0.5, 0.6) is 0 Å². The van der Waals surface area contributed by atoms with Gasteiger partial charge in [-0.3, -0.25) is 4.90 Å². The molecule has 0 amide bonds. The number of aryl methyl sites for hydroxylation is 1. The van der Waals surface area contributed by atoms with Gasteiger partial charge in [-0.25, -0.2) is 13.8 Å². The summed E-state index contributed by atoms with van der Waals surface area (Å²) in [5, 5.41) is 9.31. The molecule has 2 aromatic rings. The van der Waals surface area contributed by atoms with Crippen molar-refractivity contribution in [3.8, 4) is 10.4 Å². The van der Waals surface area contributed by atoms with Gasteiger partial charge >= 0.3 is 0 Å². The summed E-state index contributed by atoms with van der Waals surface area (Å²) in [4.78, 5) is 7.07. The van der Waals surface area contributed by atoms with Crippen molar-refractivity contribution in [3.63, 3.8) is 0 Å². The van der Waals surface area contributed by atoms with Crippen molar-refractivity contribution < 1.29 is 13.9 Å². The second kappa shape index (κ2) is 6.02. The summed E-state index contributed by atoms with van der Waals surface area (Å²) in [6, 6.07) is 7.95. The number of likely N-dealkylation sites (tertiary alicyclic amines) is 1. The lowest BCUT2D eigenvalue weighted by Gasteiger charge is -2.35. The normalized spacial score (nSPS) is 21.9. The molecule has 0 radical (unpaired) electrons. The summed E-state index contributed by atoms with van der Waals surface area (Å²) in [6.45, 7) is 2.56. The van der Waals surface area contributed by atoms with Crippen LogP contribution in [-0.4, -0.2) is 40.1 Å². The number of aromatic nitrogens is 1. The van der Waals surface area contributed by atoms with Gasteiger partial charge in [0.05, 0.1) is 22.6 Å².